The molecular weight excluding hydrogens is 602 g/mol. The first kappa shape index (κ1) is 32.0. The average molecular weight is 635 g/mol. The van der Waals surface area contributed by atoms with Gasteiger partial charge in [0.2, 0.25) is 10.0 Å². The number of rotatable bonds is 8. The van der Waals surface area contributed by atoms with E-state index in [4.69, 9.17) is 21.3 Å². The summed E-state index contributed by atoms with van der Waals surface area (Å²) in [7, 11) is 1.63. The van der Waals surface area contributed by atoms with E-state index in [9.17, 15) is 22.0 Å². The third-order valence-electron chi connectivity index (χ3n) is 6.31. The van der Waals surface area contributed by atoms with Crippen molar-refractivity contribution in [3.63, 3.8) is 0 Å². The van der Waals surface area contributed by atoms with Crippen LogP contribution in [0.15, 0.2) is 42.6 Å². The molecule has 43 heavy (non-hydrogen) atoms. The minimum atomic E-state index is -3.69. The fourth-order valence-corrected chi connectivity index (χ4v) is 5.41. The largest absolute Gasteiger partial charge is 0.444 e. The van der Waals surface area contributed by atoms with Crippen LogP contribution in [0.25, 0.3) is 22.0 Å². The number of anilines is 2. The Labute approximate surface area is 254 Å². The molecular formula is C29H33ClF2N6O4S. The van der Waals surface area contributed by atoms with E-state index in [0.29, 0.717) is 33.4 Å². The van der Waals surface area contributed by atoms with E-state index >= 15 is 0 Å². The van der Waals surface area contributed by atoms with Gasteiger partial charge >= 0.3 is 6.09 Å². The molecule has 0 fully saturated rings. The normalized spacial score (nSPS) is 12.7. The van der Waals surface area contributed by atoms with Crippen LogP contribution in [0.4, 0.5) is 25.1 Å². The Hall–Kier alpha value is -3.97. The molecule has 0 bridgehead atoms. The molecule has 14 heteroatoms. The molecule has 0 saturated heterocycles. The zero-order valence-electron chi connectivity index (χ0n) is 24.8. The molecule has 2 aromatic heterocycles. The van der Waals surface area contributed by atoms with Crippen molar-refractivity contribution in [1.82, 2.24) is 20.1 Å². The van der Waals surface area contributed by atoms with Gasteiger partial charge in [-0.1, -0.05) is 17.7 Å². The van der Waals surface area contributed by atoms with E-state index in [0.717, 1.165) is 12.3 Å². The first-order chi connectivity index (χ1) is 19.9. The van der Waals surface area contributed by atoms with Crippen molar-refractivity contribution in [2.45, 2.75) is 38.8 Å². The third-order valence-corrected chi connectivity index (χ3v) is 7.19. The maximum absolute atomic E-state index is 14.2. The maximum atomic E-state index is 14.2. The van der Waals surface area contributed by atoms with Crippen LogP contribution < -0.4 is 14.9 Å². The topological polar surface area (TPSA) is 118 Å². The van der Waals surface area contributed by atoms with E-state index < -0.39 is 39.4 Å². The summed E-state index contributed by atoms with van der Waals surface area (Å²) in [5.41, 5.74) is 2.15. The second-order valence-corrected chi connectivity index (χ2v) is 13.5. The molecule has 1 atom stereocenters. The second-order valence-electron chi connectivity index (χ2n) is 11.4. The monoisotopic (exact) mass is 634 g/mol. The molecule has 0 saturated carbocycles. The van der Waals surface area contributed by atoms with Crippen molar-refractivity contribution in [3.05, 3.63) is 70.5 Å². The number of aromatic nitrogens is 3. The molecule has 0 aliphatic rings. The summed E-state index contributed by atoms with van der Waals surface area (Å²) in [6.45, 7) is 5.15. The van der Waals surface area contributed by atoms with Crippen LogP contribution in [0, 0.1) is 11.6 Å². The average Bonchev–Trinajstić information content (AvgIpc) is 3.16. The van der Waals surface area contributed by atoms with Gasteiger partial charge in [0, 0.05) is 38.3 Å². The second kappa shape index (κ2) is 12.0. The van der Waals surface area contributed by atoms with Crippen molar-refractivity contribution in [2.75, 3.05) is 30.0 Å². The number of nitrogens with one attached hydrogen (secondary N) is 2. The maximum Gasteiger partial charge on any atom is 0.408 e. The number of hydrogen-bond acceptors (Lipinski definition) is 7. The van der Waals surface area contributed by atoms with Crippen molar-refractivity contribution >= 4 is 50.1 Å². The number of alkyl carbamates (subject to hydrolysis) is 1. The number of sulfonamides is 1. The third kappa shape index (κ3) is 7.71. The van der Waals surface area contributed by atoms with Gasteiger partial charge < -0.3 is 15.0 Å². The highest BCUT2D eigenvalue weighted by Gasteiger charge is 2.27. The summed E-state index contributed by atoms with van der Waals surface area (Å²) in [5.74, 6) is -1.48. The lowest BCUT2D eigenvalue weighted by molar-refractivity contribution is 0.0502. The molecule has 2 heterocycles. The summed E-state index contributed by atoms with van der Waals surface area (Å²) < 4.78 is 61.9. The summed E-state index contributed by atoms with van der Waals surface area (Å²) in [6.07, 6.45) is 1.84. The molecule has 230 valence electrons. The van der Waals surface area contributed by atoms with Crippen LogP contribution in [-0.4, -0.2) is 55.2 Å². The summed E-state index contributed by atoms with van der Waals surface area (Å²) in [5, 5.41) is 7.81. The SMILES string of the molecule is CN(C)c1cnc([C@H](Cc2cc(F)cc(F)c2)NC(=O)OC(C)(C)C)c(-c2ccc(Cl)c3c(NS(C)(=O)=O)nn(C)c23)c1. The van der Waals surface area contributed by atoms with Crippen LogP contribution in [0.1, 0.15) is 38.1 Å². The van der Waals surface area contributed by atoms with Gasteiger partial charge in [-0.15, -0.1) is 0 Å². The van der Waals surface area contributed by atoms with Crippen molar-refractivity contribution in [1.29, 1.82) is 0 Å². The van der Waals surface area contributed by atoms with Crippen molar-refractivity contribution in [3.8, 4) is 11.1 Å². The molecule has 1 amide bonds. The van der Waals surface area contributed by atoms with E-state index in [1.807, 2.05) is 25.1 Å². The Morgan fingerprint density at radius 2 is 1.77 bits per heavy atom. The number of carbonyl (C=O) groups excluding carboxylic acids is 1. The van der Waals surface area contributed by atoms with E-state index in [1.165, 1.54) is 16.8 Å². The number of ether oxygens (including phenoxy) is 1. The number of carbonyl (C=O) groups is 1. The highest BCUT2D eigenvalue weighted by molar-refractivity contribution is 7.92. The number of aryl methyl sites for hydroxylation is 1. The first-order valence-corrected chi connectivity index (χ1v) is 15.4. The minimum absolute atomic E-state index is 0.0295. The van der Waals surface area contributed by atoms with Crippen molar-refractivity contribution in [2.24, 2.45) is 7.05 Å². The van der Waals surface area contributed by atoms with Gasteiger partial charge in [0.05, 0.1) is 45.8 Å². The molecule has 4 aromatic rings. The Bertz CT molecular complexity index is 1780. The summed E-state index contributed by atoms with van der Waals surface area (Å²) >= 11 is 6.56. The van der Waals surface area contributed by atoms with Gasteiger partial charge in [-0.25, -0.2) is 22.0 Å². The fourth-order valence-electron chi connectivity index (χ4n) is 4.67. The molecule has 10 nitrogen and oxygen atoms in total. The van der Waals surface area contributed by atoms with Gasteiger partial charge in [-0.3, -0.25) is 14.4 Å². The fraction of sp³-hybridized carbons (Fsp3) is 0.345. The van der Waals surface area contributed by atoms with Gasteiger partial charge in [0.1, 0.15) is 17.2 Å². The molecule has 0 radical (unpaired) electrons. The molecule has 0 aliphatic heterocycles. The summed E-state index contributed by atoms with van der Waals surface area (Å²) in [6, 6.07) is 7.43. The predicted octanol–water partition coefficient (Wildman–Crippen LogP) is 5.81. The molecule has 0 unspecified atom stereocenters. The van der Waals surface area contributed by atoms with Gasteiger partial charge in [0.15, 0.2) is 5.82 Å². The standard InChI is InChI=1S/C29H33ClF2N6O4S/c1-29(2,3)42-28(39)34-23(12-16-10-17(31)13-18(32)11-16)25-21(14-19(15-33-25)37(4)5)20-8-9-22(30)24-26(20)38(6)35-27(24)36-43(7,40)41/h8-11,13-15,23H,12H2,1-7H3,(H,34,39)(H,35,36)/t23-/m0/s1. The van der Waals surface area contributed by atoms with Crippen LogP contribution in [-0.2, 0) is 28.2 Å². The van der Waals surface area contributed by atoms with Crippen LogP contribution in [0.5, 0.6) is 0 Å². The number of benzene rings is 2. The van der Waals surface area contributed by atoms with E-state index in [2.05, 4.69) is 15.1 Å². The van der Waals surface area contributed by atoms with E-state index in [1.54, 1.807) is 46.1 Å². The lowest BCUT2D eigenvalue weighted by Gasteiger charge is -2.26. The number of fused-ring (bicyclic) bond motifs is 1. The molecule has 0 aliphatic carbocycles. The van der Waals surface area contributed by atoms with Crippen molar-refractivity contribution < 1.29 is 26.7 Å². The Kier molecular flexibility index (Phi) is 8.89. The van der Waals surface area contributed by atoms with Crippen LogP contribution in [0.3, 0.4) is 0 Å². The Balaban J connectivity index is 1.97. The number of amides is 1. The predicted molar refractivity (Wildman–Crippen MR) is 164 cm³/mol. The molecule has 2 N–H and O–H groups in total. The van der Waals surface area contributed by atoms with Gasteiger partial charge in [-0.05, 0) is 57.0 Å². The Morgan fingerprint density at radius 3 is 2.35 bits per heavy atom. The zero-order valence-corrected chi connectivity index (χ0v) is 26.4. The van der Waals surface area contributed by atoms with Crippen LogP contribution >= 0.6 is 11.6 Å². The minimum Gasteiger partial charge on any atom is -0.444 e. The Morgan fingerprint density at radius 1 is 1.12 bits per heavy atom. The highest BCUT2D eigenvalue weighted by atomic mass is 35.5. The number of nitrogens with zero attached hydrogens (tertiary/aromatic N) is 4. The highest BCUT2D eigenvalue weighted by Crippen LogP contribution is 2.40. The smallest absolute Gasteiger partial charge is 0.408 e. The number of hydrogen-bond donors (Lipinski definition) is 2. The van der Waals surface area contributed by atoms with Gasteiger partial charge in [0.25, 0.3) is 0 Å². The number of halogens is 3. The van der Waals surface area contributed by atoms with Crippen LogP contribution in [0.2, 0.25) is 5.02 Å². The summed E-state index contributed by atoms with van der Waals surface area (Å²) in [4.78, 5) is 19.6. The quantitative estimate of drug-likeness (QED) is 0.251. The zero-order chi connectivity index (χ0) is 31.9. The lowest BCUT2D eigenvalue weighted by atomic mass is 9.94. The number of pyridine rings is 1. The molecule has 4 rings (SSSR count). The lowest BCUT2D eigenvalue weighted by Crippen LogP contribution is -2.36. The molecule has 0 spiro atoms. The molecule has 2 aromatic carbocycles. The van der Waals surface area contributed by atoms with Gasteiger partial charge in [-0.2, -0.15) is 5.10 Å². The van der Waals surface area contributed by atoms with E-state index in [-0.39, 0.29) is 22.8 Å². The first-order valence-electron chi connectivity index (χ1n) is 13.2.